The maximum atomic E-state index is 13.4. The van der Waals surface area contributed by atoms with Crippen LogP contribution in [0.4, 0.5) is 0 Å². The van der Waals surface area contributed by atoms with E-state index in [4.69, 9.17) is 27.7 Å². The molecule has 1 aliphatic heterocycles. The molecule has 0 aromatic rings. The number of halogens is 2. The average Bonchev–Trinajstić information content (AvgIpc) is 2.85. The zero-order valence-corrected chi connectivity index (χ0v) is 15.3. The molecular weight excluding hydrogens is 342 g/mol. The summed E-state index contributed by atoms with van der Waals surface area (Å²) in [5.41, 5.74) is -0.195. The second-order valence-corrected chi connectivity index (χ2v) is 10.4. The van der Waals surface area contributed by atoms with Gasteiger partial charge in [-0.15, -0.1) is 23.2 Å². The van der Waals surface area contributed by atoms with Crippen LogP contribution in [0.2, 0.25) is 0 Å². The molecule has 0 aromatic carbocycles. The molecule has 4 nitrogen and oxygen atoms in total. The molecule has 4 bridgehead atoms. The molecule has 22 heavy (non-hydrogen) atoms. The van der Waals surface area contributed by atoms with Crippen molar-refractivity contribution in [1.29, 1.82) is 0 Å². The van der Waals surface area contributed by atoms with E-state index < -0.39 is 7.67 Å². The highest BCUT2D eigenvalue weighted by Crippen LogP contribution is 2.67. The van der Waals surface area contributed by atoms with Gasteiger partial charge in [-0.05, 0) is 55.8 Å². The number of alkyl halides is 2. The Hall–Kier alpha value is 0.690. The Morgan fingerprint density at radius 1 is 1.05 bits per heavy atom. The van der Waals surface area contributed by atoms with Gasteiger partial charge in [-0.25, -0.2) is 9.76 Å². The lowest BCUT2D eigenvalue weighted by atomic mass is 9.50. The van der Waals surface area contributed by atoms with E-state index in [1.54, 1.807) is 0 Å². The summed E-state index contributed by atoms with van der Waals surface area (Å²) in [6.45, 7) is 1.84. The molecule has 1 heterocycles. The lowest BCUT2D eigenvalue weighted by Gasteiger charge is -2.58. The lowest BCUT2D eigenvalue weighted by Crippen LogP contribution is -2.59. The summed E-state index contributed by atoms with van der Waals surface area (Å²) in [5.74, 6) is 3.82. The first-order chi connectivity index (χ1) is 10.6. The van der Waals surface area contributed by atoms with Crippen molar-refractivity contribution in [2.45, 2.75) is 37.7 Å². The molecular formula is C15H25Cl2N2O2P. The van der Waals surface area contributed by atoms with Crippen LogP contribution in [0.15, 0.2) is 0 Å². The first-order valence-corrected chi connectivity index (χ1v) is 11.2. The maximum absolute atomic E-state index is 13.4. The second kappa shape index (κ2) is 5.89. The summed E-state index contributed by atoms with van der Waals surface area (Å²) in [5, 5.41) is 3.26. The van der Waals surface area contributed by atoms with E-state index in [1.807, 2.05) is 4.67 Å². The van der Waals surface area contributed by atoms with Crippen molar-refractivity contribution in [1.82, 2.24) is 9.76 Å². The third kappa shape index (κ3) is 2.41. The van der Waals surface area contributed by atoms with Crippen molar-refractivity contribution in [2.75, 3.05) is 31.4 Å². The molecule has 1 N–H and O–H groups in total. The van der Waals surface area contributed by atoms with Crippen LogP contribution in [-0.4, -0.2) is 41.7 Å². The van der Waals surface area contributed by atoms with Crippen molar-refractivity contribution in [3.05, 3.63) is 0 Å². The van der Waals surface area contributed by atoms with Crippen LogP contribution in [0.5, 0.6) is 0 Å². The summed E-state index contributed by atoms with van der Waals surface area (Å²) in [6.07, 6.45) is 6.47. The summed E-state index contributed by atoms with van der Waals surface area (Å²) in [6, 6.07) is 0. The molecule has 0 aromatic heterocycles. The van der Waals surface area contributed by atoms with E-state index in [0.29, 0.717) is 36.7 Å². The molecule has 7 heteroatoms. The van der Waals surface area contributed by atoms with E-state index in [1.165, 1.54) is 32.1 Å². The third-order valence-corrected chi connectivity index (χ3v) is 9.05. The molecule has 0 radical (unpaired) electrons. The Morgan fingerprint density at radius 3 is 2.09 bits per heavy atom. The van der Waals surface area contributed by atoms with Gasteiger partial charge >= 0.3 is 7.67 Å². The van der Waals surface area contributed by atoms with Crippen LogP contribution < -0.4 is 5.09 Å². The van der Waals surface area contributed by atoms with Crippen LogP contribution in [0.3, 0.4) is 0 Å². The lowest BCUT2D eigenvalue weighted by molar-refractivity contribution is -0.141. The molecule has 5 fully saturated rings. The Morgan fingerprint density at radius 2 is 1.59 bits per heavy atom. The number of hydrogen-bond donors (Lipinski definition) is 1. The van der Waals surface area contributed by atoms with Crippen LogP contribution in [0.1, 0.15) is 32.1 Å². The van der Waals surface area contributed by atoms with Crippen molar-refractivity contribution in [3.8, 4) is 0 Å². The maximum Gasteiger partial charge on any atom is 0.344 e. The quantitative estimate of drug-likeness (QED) is 0.595. The van der Waals surface area contributed by atoms with Gasteiger partial charge < -0.3 is 0 Å². The van der Waals surface area contributed by atoms with Gasteiger partial charge in [-0.3, -0.25) is 9.09 Å². The Labute approximate surface area is 142 Å². The minimum absolute atomic E-state index is 0.195. The van der Waals surface area contributed by atoms with Gasteiger partial charge in [0.2, 0.25) is 0 Å². The number of nitrogens with one attached hydrogen (secondary N) is 1. The molecule has 5 aliphatic rings. The molecule has 1 spiro atoms. The fourth-order valence-electron chi connectivity index (χ4n) is 5.67. The van der Waals surface area contributed by atoms with Crippen molar-refractivity contribution in [2.24, 2.45) is 23.7 Å². The SMILES string of the molecule is O=[P@@]1(N(CCCl)CCCl)NCC2(O1)C1CC3CC(C1)CC2C3. The van der Waals surface area contributed by atoms with Crippen molar-refractivity contribution < 1.29 is 9.09 Å². The summed E-state index contributed by atoms with van der Waals surface area (Å²) < 4.78 is 21.6. The Balaban J connectivity index is 1.57. The van der Waals surface area contributed by atoms with E-state index in [2.05, 4.69) is 5.09 Å². The smallest absolute Gasteiger partial charge is 0.297 e. The van der Waals surface area contributed by atoms with E-state index in [-0.39, 0.29) is 5.60 Å². The highest BCUT2D eigenvalue weighted by Gasteiger charge is 2.63. The largest absolute Gasteiger partial charge is 0.344 e. The van der Waals surface area contributed by atoms with Crippen LogP contribution in [-0.2, 0) is 9.09 Å². The van der Waals surface area contributed by atoms with Gasteiger partial charge in [0.1, 0.15) is 0 Å². The average molecular weight is 367 g/mol. The fraction of sp³-hybridized carbons (Fsp3) is 1.00. The number of nitrogens with zero attached hydrogens (tertiary/aromatic N) is 1. The second-order valence-electron chi connectivity index (χ2n) is 7.54. The standard InChI is InChI=1S/C15H25Cl2N2O2P/c16-1-3-19(4-2-17)22(20)18-10-15(21-22)13-6-11-5-12(8-13)9-14(15)7-11/h11-14H,1-10H2,(H,18,20)/t11?,12?,13?,14?,15?,22-/m0/s1. The summed E-state index contributed by atoms with van der Waals surface area (Å²) in [4.78, 5) is 0. The molecule has 0 unspecified atom stereocenters. The van der Waals surface area contributed by atoms with E-state index >= 15 is 0 Å². The Kier molecular flexibility index (Phi) is 4.33. The highest BCUT2D eigenvalue weighted by atomic mass is 35.5. The summed E-state index contributed by atoms with van der Waals surface area (Å²) in [7, 11) is -2.99. The third-order valence-electron chi connectivity index (χ3n) is 6.43. The van der Waals surface area contributed by atoms with Gasteiger partial charge in [0.25, 0.3) is 0 Å². The van der Waals surface area contributed by atoms with Crippen molar-refractivity contribution in [3.63, 3.8) is 0 Å². The zero-order chi connectivity index (χ0) is 15.4. The zero-order valence-electron chi connectivity index (χ0n) is 12.8. The van der Waals surface area contributed by atoms with Gasteiger partial charge in [0.15, 0.2) is 0 Å². The number of hydrogen-bond acceptors (Lipinski definition) is 2. The minimum Gasteiger partial charge on any atom is -0.297 e. The molecule has 1 saturated heterocycles. The first-order valence-electron chi connectivity index (χ1n) is 8.53. The van der Waals surface area contributed by atoms with Crippen LogP contribution in [0, 0.1) is 23.7 Å². The van der Waals surface area contributed by atoms with Gasteiger partial charge in [-0.1, -0.05) is 0 Å². The molecule has 4 saturated carbocycles. The van der Waals surface area contributed by atoms with E-state index in [9.17, 15) is 4.57 Å². The normalized spacial score (nSPS) is 49.6. The highest BCUT2D eigenvalue weighted by molar-refractivity contribution is 7.54. The number of rotatable bonds is 5. The molecule has 126 valence electrons. The predicted molar refractivity (Wildman–Crippen MR) is 89.5 cm³/mol. The van der Waals surface area contributed by atoms with Gasteiger partial charge in [-0.2, -0.15) is 0 Å². The predicted octanol–water partition coefficient (Wildman–Crippen LogP) is 3.69. The van der Waals surface area contributed by atoms with Gasteiger partial charge in [0.05, 0.1) is 5.60 Å². The van der Waals surface area contributed by atoms with Crippen LogP contribution in [0.25, 0.3) is 0 Å². The fourth-order valence-corrected chi connectivity index (χ4v) is 8.69. The topological polar surface area (TPSA) is 41.6 Å². The minimum atomic E-state index is -2.99. The monoisotopic (exact) mass is 366 g/mol. The Bertz CT molecular complexity index is 456. The molecule has 1 atom stereocenters. The first kappa shape index (κ1) is 16.2. The van der Waals surface area contributed by atoms with Gasteiger partial charge in [0, 0.05) is 31.4 Å². The molecule has 5 rings (SSSR count). The van der Waals surface area contributed by atoms with E-state index in [0.717, 1.165) is 18.4 Å². The summed E-state index contributed by atoms with van der Waals surface area (Å²) >= 11 is 11.8. The van der Waals surface area contributed by atoms with Crippen molar-refractivity contribution >= 4 is 30.9 Å². The molecule has 4 aliphatic carbocycles. The van der Waals surface area contributed by atoms with Crippen LogP contribution >= 0.6 is 30.9 Å². The molecule has 0 amide bonds.